The number of piperidine rings is 3. The summed E-state index contributed by atoms with van der Waals surface area (Å²) in [5.74, 6) is 0.698. The molecule has 1 unspecified atom stereocenters. The molecule has 3 aliphatic heterocycles. The van der Waals surface area contributed by atoms with Crippen LogP contribution in [0.3, 0.4) is 0 Å². The fraction of sp³-hybridized carbons (Fsp3) is 0.438. The van der Waals surface area contributed by atoms with Crippen LogP contribution in [0.5, 0.6) is 0 Å². The van der Waals surface area contributed by atoms with Gasteiger partial charge in [0.05, 0.1) is 11.1 Å². The molecule has 2 aromatic rings. The first-order chi connectivity index (χ1) is 10.2. The van der Waals surface area contributed by atoms with Crippen LogP contribution < -0.4 is 5.32 Å². The minimum atomic E-state index is 0.0421. The van der Waals surface area contributed by atoms with Crippen LogP contribution in [0.15, 0.2) is 35.1 Å². The molecule has 110 valence electrons. The number of nitrogens with zero attached hydrogens (tertiary/aromatic N) is 2. The Morgan fingerprint density at radius 1 is 1.24 bits per heavy atom. The molecule has 5 heterocycles. The maximum Gasteiger partial charge on any atom is 0.253 e. The van der Waals surface area contributed by atoms with Crippen molar-refractivity contribution in [2.45, 2.75) is 18.9 Å². The van der Waals surface area contributed by atoms with Crippen LogP contribution in [-0.2, 0) is 0 Å². The van der Waals surface area contributed by atoms with Gasteiger partial charge >= 0.3 is 0 Å². The van der Waals surface area contributed by atoms with Gasteiger partial charge in [-0.05, 0) is 66.0 Å². The van der Waals surface area contributed by atoms with E-state index in [4.69, 9.17) is 0 Å². The highest BCUT2D eigenvalue weighted by Crippen LogP contribution is 2.27. The number of halogens is 1. The Morgan fingerprint density at radius 3 is 2.76 bits per heavy atom. The number of amides is 1. The molecule has 0 spiro atoms. The summed E-state index contributed by atoms with van der Waals surface area (Å²) >= 11 is 3.50. The Hall–Kier alpha value is -1.33. The van der Waals surface area contributed by atoms with Crippen molar-refractivity contribution in [1.82, 2.24) is 14.6 Å². The van der Waals surface area contributed by atoms with Gasteiger partial charge in [0.1, 0.15) is 0 Å². The van der Waals surface area contributed by atoms with Crippen LogP contribution in [-0.4, -0.2) is 40.9 Å². The number of hydrogen-bond donors (Lipinski definition) is 1. The van der Waals surface area contributed by atoms with Gasteiger partial charge in [0.25, 0.3) is 5.91 Å². The normalized spacial score (nSPS) is 28.0. The third-order valence-electron chi connectivity index (χ3n) is 4.84. The number of carbonyl (C=O) groups is 1. The van der Waals surface area contributed by atoms with E-state index in [0.717, 1.165) is 22.1 Å². The molecule has 2 aromatic heterocycles. The van der Waals surface area contributed by atoms with Crippen LogP contribution in [0.4, 0.5) is 0 Å². The van der Waals surface area contributed by atoms with Gasteiger partial charge in [-0.3, -0.25) is 4.79 Å². The number of nitrogens with one attached hydrogen (secondary N) is 1. The summed E-state index contributed by atoms with van der Waals surface area (Å²) in [6, 6.07) is 6.18. The summed E-state index contributed by atoms with van der Waals surface area (Å²) in [7, 11) is 0. The van der Waals surface area contributed by atoms with Crippen molar-refractivity contribution in [2.75, 3.05) is 19.6 Å². The Kier molecular flexibility index (Phi) is 3.27. The first kappa shape index (κ1) is 13.3. The second-order valence-corrected chi connectivity index (χ2v) is 6.95. The molecule has 4 nitrogen and oxygen atoms in total. The zero-order valence-electron chi connectivity index (χ0n) is 11.8. The molecule has 5 heteroatoms. The first-order valence-electron chi connectivity index (χ1n) is 7.50. The lowest BCUT2D eigenvalue weighted by Crippen LogP contribution is -2.57. The first-order valence-corrected chi connectivity index (χ1v) is 8.29. The van der Waals surface area contributed by atoms with E-state index in [1.807, 2.05) is 35.0 Å². The molecule has 0 aliphatic carbocycles. The average Bonchev–Trinajstić information content (AvgIpc) is 2.89. The van der Waals surface area contributed by atoms with Crippen molar-refractivity contribution < 1.29 is 4.79 Å². The van der Waals surface area contributed by atoms with Gasteiger partial charge in [-0.25, -0.2) is 0 Å². The molecule has 21 heavy (non-hydrogen) atoms. The van der Waals surface area contributed by atoms with Crippen LogP contribution >= 0.6 is 15.9 Å². The number of fused-ring (bicyclic) bond motifs is 4. The molecular formula is C16H18BrN3O. The summed E-state index contributed by atoms with van der Waals surface area (Å²) in [4.78, 5) is 14.9. The second kappa shape index (κ2) is 5.14. The second-order valence-electron chi connectivity index (χ2n) is 6.09. The molecule has 5 rings (SSSR count). The number of carbonyl (C=O) groups excluding carboxylic acids is 1. The van der Waals surface area contributed by atoms with Crippen molar-refractivity contribution in [3.05, 3.63) is 40.6 Å². The lowest BCUT2D eigenvalue weighted by atomic mass is 9.84. The monoisotopic (exact) mass is 347 g/mol. The highest BCUT2D eigenvalue weighted by molar-refractivity contribution is 9.10. The summed E-state index contributed by atoms with van der Waals surface area (Å²) in [5.41, 5.74) is 1.80. The Labute approximate surface area is 132 Å². The molecule has 3 saturated heterocycles. The third kappa shape index (κ3) is 2.38. The average molecular weight is 348 g/mol. The number of hydrogen-bond acceptors (Lipinski definition) is 2. The van der Waals surface area contributed by atoms with Gasteiger partial charge in [-0.2, -0.15) is 0 Å². The fourth-order valence-electron chi connectivity index (χ4n) is 3.59. The molecule has 0 saturated carbocycles. The highest BCUT2D eigenvalue weighted by atomic mass is 79.9. The SMILES string of the molecule is O=C(NC1CN2CCC1CC2)c1ccc2c(Br)ccn2c1. The van der Waals surface area contributed by atoms with Gasteiger partial charge in [0.15, 0.2) is 0 Å². The number of pyridine rings is 1. The smallest absolute Gasteiger partial charge is 0.253 e. The van der Waals surface area contributed by atoms with Crippen LogP contribution in [0, 0.1) is 5.92 Å². The lowest BCUT2D eigenvalue weighted by Gasteiger charge is -2.44. The molecule has 1 atom stereocenters. The van der Waals surface area contributed by atoms with Crippen molar-refractivity contribution in [2.24, 2.45) is 5.92 Å². The maximum atomic E-state index is 12.5. The van der Waals surface area contributed by atoms with Gasteiger partial charge in [0, 0.05) is 29.5 Å². The molecule has 2 bridgehead atoms. The molecular weight excluding hydrogens is 330 g/mol. The van der Waals surface area contributed by atoms with E-state index in [-0.39, 0.29) is 5.91 Å². The van der Waals surface area contributed by atoms with Crippen LogP contribution in [0.2, 0.25) is 0 Å². The minimum absolute atomic E-state index is 0.0421. The quantitative estimate of drug-likeness (QED) is 0.906. The summed E-state index contributed by atoms with van der Waals surface area (Å²) in [6.07, 6.45) is 6.30. The van der Waals surface area contributed by atoms with E-state index < -0.39 is 0 Å². The standard InChI is InChI=1S/C16H18BrN3O/c17-13-5-8-20-9-12(1-2-15(13)20)16(21)18-14-10-19-6-3-11(14)4-7-19/h1-2,5,8-9,11,14H,3-4,6-7,10H2,(H,18,21). The summed E-state index contributed by atoms with van der Waals surface area (Å²) in [5, 5.41) is 3.23. The summed E-state index contributed by atoms with van der Waals surface area (Å²) < 4.78 is 3.03. The van der Waals surface area contributed by atoms with Crippen LogP contribution in [0.25, 0.3) is 5.52 Å². The lowest BCUT2D eigenvalue weighted by molar-refractivity contribution is 0.0620. The predicted octanol–water partition coefficient (Wildman–Crippen LogP) is 2.53. The minimum Gasteiger partial charge on any atom is -0.348 e. The Morgan fingerprint density at radius 2 is 2.05 bits per heavy atom. The molecule has 1 amide bonds. The fourth-order valence-corrected chi connectivity index (χ4v) is 4.04. The van der Waals surface area contributed by atoms with Crippen LogP contribution in [0.1, 0.15) is 23.2 Å². The Bertz CT molecular complexity index is 688. The molecule has 0 aromatic carbocycles. The van der Waals surface area contributed by atoms with E-state index >= 15 is 0 Å². The van der Waals surface area contributed by atoms with E-state index in [1.54, 1.807) is 0 Å². The van der Waals surface area contributed by atoms with Gasteiger partial charge in [0.2, 0.25) is 0 Å². The van der Waals surface area contributed by atoms with Gasteiger partial charge < -0.3 is 14.6 Å². The zero-order chi connectivity index (χ0) is 14.4. The zero-order valence-corrected chi connectivity index (χ0v) is 13.3. The molecule has 1 N–H and O–H groups in total. The van der Waals surface area contributed by atoms with E-state index in [1.165, 1.54) is 25.9 Å². The summed E-state index contributed by atoms with van der Waals surface area (Å²) in [6.45, 7) is 3.40. The third-order valence-corrected chi connectivity index (χ3v) is 5.51. The maximum absolute atomic E-state index is 12.5. The number of rotatable bonds is 2. The van der Waals surface area contributed by atoms with Gasteiger partial charge in [-0.1, -0.05) is 0 Å². The van der Waals surface area contributed by atoms with E-state index in [2.05, 4.69) is 26.1 Å². The number of aromatic nitrogens is 1. The molecule has 3 fully saturated rings. The highest BCUT2D eigenvalue weighted by Gasteiger charge is 2.34. The van der Waals surface area contributed by atoms with E-state index in [0.29, 0.717) is 12.0 Å². The largest absolute Gasteiger partial charge is 0.348 e. The van der Waals surface area contributed by atoms with Crippen molar-refractivity contribution in [1.29, 1.82) is 0 Å². The molecule has 0 radical (unpaired) electrons. The predicted molar refractivity (Wildman–Crippen MR) is 85.5 cm³/mol. The van der Waals surface area contributed by atoms with Crippen molar-refractivity contribution >= 4 is 27.4 Å². The van der Waals surface area contributed by atoms with Gasteiger partial charge in [-0.15, -0.1) is 0 Å². The van der Waals surface area contributed by atoms with Crippen molar-refractivity contribution in [3.63, 3.8) is 0 Å². The Balaban J connectivity index is 1.53. The molecule has 3 aliphatic rings. The van der Waals surface area contributed by atoms with Crippen molar-refractivity contribution in [3.8, 4) is 0 Å². The van der Waals surface area contributed by atoms with E-state index in [9.17, 15) is 4.79 Å². The topological polar surface area (TPSA) is 36.8 Å².